The lowest BCUT2D eigenvalue weighted by atomic mass is 10.2. The number of aromatic nitrogens is 2. The van der Waals surface area contributed by atoms with Crippen LogP contribution in [0, 0.1) is 0 Å². The van der Waals surface area contributed by atoms with Gasteiger partial charge in [0.2, 0.25) is 5.91 Å². The summed E-state index contributed by atoms with van der Waals surface area (Å²) in [6.07, 6.45) is 1.03. The van der Waals surface area contributed by atoms with E-state index in [1.54, 1.807) is 24.3 Å². The Morgan fingerprint density at radius 2 is 1.91 bits per heavy atom. The molecule has 8 nitrogen and oxygen atoms in total. The molecule has 1 aromatic heterocycles. The van der Waals surface area contributed by atoms with Crippen LogP contribution < -0.4 is 21.5 Å². The van der Waals surface area contributed by atoms with Crippen molar-refractivity contribution in [3.63, 3.8) is 0 Å². The molecule has 0 spiro atoms. The average Bonchev–Trinajstić information content (AvgIpc) is 2.77. The lowest BCUT2D eigenvalue weighted by Gasteiger charge is -2.16. The third kappa shape index (κ3) is 2.76. The number of rotatable bonds is 3. The normalized spacial score (nSPS) is 17.6. The Morgan fingerprint density at radius 1 is 1.17 bits per heavy atom. The minimum absolute atomic E-state index is 0.00300. The monoisotopic (exact) mass is 334 g/mol. The second-order valence-electron chi connectivity index (χ2n) is 4.91. The molecule has 0 aliphatic carbocycles. The van der Waals surface area contributed by atoms with Crippen LogP contribution in [0.1, 0.15) is 6.42 Å². The van der Waals surface area contributed by atoms with E-state index in [0.717, 1.165) is 11.1 Å². The number of nitrogens with zero attached hydrogens (tertiary/aromatic N) is 1. The fraction of sp³-hybridized carbons (Fsp3) is 0.143. The summed E-state index contributed by atoms with van der Waals surface area (Å²) >= 11 is 6.02. The maximum absolute atomic E-state index is 12.5. The Labute approximate surface area is 134 Å². The first-order chi connectivity index (χ1) is 11.0. The molecule has 3 N–H and O–H groups in total. The highest BCUT2D eigenvalue weighted by molar-refractivity contribution is 6.36. The Bertz CT molecular complexity index is 904. The number of amides is 2. The summed E-state index contributed by atoms with van der Waals surface area (Å²) < 4.78 is 0. The number of benzene rings is 1. The second-order valence-corrected chi connectivity index (χ2v) is 5.31. The van der Waals surface area contributed by atoms with Crippen LogP contribution in [-0.4, -0.2) is 27.8 Å². The number of hydrogen-bond acceptors (Lipinski definition) is 5. The van der Waals surface area contributed by atoms with Gasteiger partial charge >= 0.3 is 5.69 Å². The molecule has 1 atom stereocenters. The molecule has 1 aliphatic rings. The standard InChI is InChI=1S/C14H11ClN4O4/c15-7-3-1-2-4-10(7)19-11(20)5-8(13(19)22)17-9-6-16-14(23)18-12(9)21/h1-4,6,8,17H,5H2,(H2,16,18,21,23)/t8-/m0/s1. The number of carbonyl (C=O) groups is 2. The van der Waals surface area contributed by atoms with Crippen LogP contribution in [0.3, 0.4) is 0 Å². The number of imide groups is 1. The topological polar surface area (TPSA) is 115 Å². The Kier molecular flexibility index (Phi) is 3.75. The maximum Gasteiger partial charge on any atom is 0.325 e. The average molecular weight is 335 g/mol. The molecule has 23 heavy (non-hydrogen) atoms. The Hall–Kier alpha value is -2.87. The van der Waals surface area contributed by atoms with E-state index in [-0.39, 0.29) is 17.1 Å². The molecule has 0 saturated carbocycles. The minimum atomic E-state index is -0.911. The number of anilines is 2. The van der Waals surface area contributed by atoms with Crippen LogP contribution in [0.4, 0.5) is 11.4 Å². The molecular formula is C14H11ClN4O4. The molecule has 0 radical (unpaired) electrons. The third-order valence-corrected chi connectivity index (χ3v) is 3.71. The summed E-state index contributed by atoms with van der Waals surface area (Å²) in [5, 5.41) is 2.94. The van der Waals surface area contributed by atoms with E-state index in [2.05, 4.69) is 10.3 Å². The lowest BCUT2D eigenvalue weighted by molar-refractivity contribution is -0.121. The smallest absolute Gasteiger partial charge is 0.325 e. The van der Waals surface area contributed by atoms with Gasteiger partial charge in [0.1, 0.15) is 11.7 Å². The van der Waals surface area contributed by atoms with Gasteiger partial charge in [0, 0.05) is 6.20 Å². The largest absolute Gasteiger partial charge is 0.368 e. The molecule has 1 fully saturated rings. The van der Waals surface area contributed by atoms with E-state index in [1.165, 1.54) is 0 Å². The molecule has 1 saturated heterocycles. The van der Waals surface area contributed by atoms with Crippen LogP contribution >= 0.6 is 11.6 Å². The molecule has 118 valence electrons. The van der Waals surface area contributed by atoms with Crippen LogP contribution in [-0.2, 0) is 9.59 Å². The van der Waals surface area contributed by atoms with Gasteiger partial charge in [0.15, 0.2) is 0 Å². The van der Waals surface area contributed by atoms with Crippen LogP contribution in [0.25, 0.3) is 0 Å². The van der Waals surface area contributed by atoms with Crippen molar-refractivity contribution in [2.45, 2.75) is 12.5 Å². The van der Waals surface area contributed by atoms with Gasteiger partial charge in [-0.25, -0.2) is 9.69 Å². The molecule has 3 rings (SSSR count). The molecule has 9 heteroatoms. The van der Waals surface area contributed by atoms with E-state index in [4.69, 9.17) is 11.6 Å². The van der Waals surface area contributed by atoms with Gasteiger partial charge in [-0.1, -0.05) is 23.7 Å². The van der Waals surface area contributed by atoms with E-state index in [0.29, 0.717) is 5.69 Å². The number of halogens is 1. The van der Waals surface area contributed by atoms with Gasteiger partial charge in [0.05, 0.1) is 17.1 Å². The number of nitrogens with one attached hydrogen (secondary N) is 3. The maximum atomic E-state index is 12.5. The van der Waals surface area contributed by atoms with E-state index < -0.39 is 29.1 Å². The molecular weight excluding hydrogens is 324 g/mol. The van der Waals surface area contributed by atoms with Crippen molar-refractivity contribution in [1.82, 2.24) is 9.97 Å². The highest BCUT2D eigenvalue weighted by Crippen LogP contribution is 2.30. The van der Waals surface area contributed by atoms with E-state index >= 15 is 0 Å². The number of carbonyl (C=O) groups excluding carboxylic acids is 2. The molecule has 2 heterocycles. The minimum Gasteiger partial charge on any atom is -0.368 e. The van der Waals surface area contributed by atoms with Gasteiger partial charge in [0.25, 0.3) is 11.5 Å². The summed E-state index contributed by atoms with van der Waals surface area (Å²) in [5.74, 6) is -0.949. The van der Waals surface area contributed by atoms with E-state index in [1.807, 2.05) is 4.98 Å². The third-order valence-electron chi connectivity index (χ3n) is 3.39. The Balaban J connectivity index is 1.88. The fourth-order valence-corrected chi connectivity index (χ4v) is 2.56. The molecule has 0 bridgehead atoms. The summed E-state index contributed by atoms with van der Waals surface area (Å²) in [7, 11) is 0. The van der Waals surface area contributed by atoms with Gasteiger partial charge in [-0.15, -0.1) is 0 Å². The van der Waals surface area contributed by atoms with Gasteiger partial charge in [-0.05, 0) is 12.1 Å². The van der Waals surface area contributed by atoms with Gasteiger partial charge in [-0.3, -0.25) is 19.4 Å². The summed E-state index contributed by atoms with van der Waals surface area (Å²) in [6, 6.07) is 5.57. The van der Waals surface area contributed by atoms with Crippen LogP contribution in [0.5, 0.6) is 0 Å². The molecule has 0 unspecified atom stereocenters. The zero-order valence-electron chi connectivity index (χ0n) is 11.6. The SMILES string of the molecule is O=C1C[C@H](Nc2c[nH]c(=O)[nH]c2=O)C(=O)N1c1ccccc1Cl. The number of para-hydroxylation sites is 1. The highest BCUT2D eigenvalue weighted by Gasteiger charge is 2.40. The van der Waals surface area contributed by atoms with Crippen LogP contribution in [0.2, 0.25) is 5.02 Å². The van der Waals surface area contributed by atoms with Crippen molar-refractivity contribution in [3.8, 4) is 0 Å². The summed E-state index contributed by atoms with van der Waals surface area (Å²) in [6.45, 7) is 0. The molecule has 2 amide bonds. The Morgan fingerprint density at radius 3 is 2.61 bits per heavy atom. The predicted molar refractivity (Wildman–Crippen MR) is 83.7 cm³/mol. The number of H-pyrrole nitrogens is 2. The molecule has 2 aromatic rings. The number of hydrogen-bond donors (Lipinski definition) is 3. The first-order valence-electron chi connectivity index (χ1n) is 6.67. The van der Waals surface area contributed by atoms with Crippen molar-refractivity contribution in [1.29, 1.82) is 0 Å². The first-order valence-corrected chi connectivity index (χ1v) is 7.05. The van der Waals surface area contributed by atoms with Crippen molar-refractivity contribution >= 4 is 34.8 Å². The second kappa shape index (κ2) is 5.73. The van der Waals surface area contributed by atoms with Gasteiger partial charge < -0.3 is 10.3 Å². The molecule has 1 aliphatic heterocycles. The van der Waals surface area contributed by atoms with Crippen molar-refractivity contribution in [2.24, 2.45) is 0 Å². The summed E-state index contributed by atoms with van der Waals surface area (Å²) in [4.78, 5) is 52.5. The van der Waals surface area contributed by atoms with E-state index in [9.17, 15) is 19.2 Å². The lowest BCUT2D eigenvalue weighted by Crippen LogP contribution is -2.36. The zero-order valence-corrected chi connectivity index (χ0v) is 12.4. The van der Waals surface area contributed by atoms with Crippen molar-refractivity contribution < 1.29 is 9.59 Å². The quantitative estimate of drug-likeness (QED) is 0.705. The van der Waals surface area contributed by atoms with Crippen molar-refractivity contribution in [3.05, 3.63) is 56.3 Å². The number of aromatic amines is 2. The van der Waals surface area contributed by atoms with Gasteiger partial charge in [-0.2, -0.15) is 0 Å². The fourth-order valence-electron chi connectivity index (χ4n) is 2.34. The highest BCUT2D eigenvalue weighted by atomic mass is 35.5. The van der Waals surface area contributed by atoms with Crippen LogP contribution in [0.15, 0.2) is 40.1 Å². The molecule has 1 aromatic carbocycles. The predicted octanol–water partition coefficient (Wildman–Crippen LogP) is 0.461. The first kappa shape index (κ1) is 15.0. The summed E-state index contributed by atoms with van der Waals surface area (Å²) in [5.41, 5.74) is -1.04. The zero-order chi connectivity index (χ0) is 16.6. The van der Waals surface area contributed by atoms with Crippen molar-refractivity contribution in [2.75, 3.05) is 10.2 Å².